The number of hydrogen-bond donors (Lipinski definition) is 1. The van der Waals surface area contributed by atoms with Gasteiger partial charge < -0.3 is 10.1 Å². The molecule has 0 fully saturated rings. The van der Waals surface area contributed by atoms with Crippen LogP contribution < -0.4 is 10.1 Å². The Kier molecular flexibility index (Phi) is 5.25. The standard InChI is InChI=1S/C16H18ClNO/c1-19-15-7-4-5-13(11-15)9-10-18-12-14-6-2-3-8-16(14)17/h2-8,11,18H,9-10,12H2,1H3. The van der Waals surface area contributed by atoms with E-state index in [0.717, 1.165) is 35.8 Å². The molecule has 0 saturated carbocycles. The van der Waals surface area contributed by atoms with Gasteiger partial charge in [-0.05, 0) is 42.3 Å². The molecule has 0 aliphatic rings. The summed E-state index contributed by atoms with van der Waals surface area (Å²) >= 11 is 6.10. The second-order valence-corrected chi connectivity index (χ2v) is 4.78. The number of halogens is 1. The van der Waals surface area contributed by atoms with E-state index >= 15 is 0 Å². The average molecular weight is 276 g/mol. The van der Waals surface area contributed by atoms with Gasteiger partial charge in [-0.1, -0.05) is 41.9 Å². The van der Waals surface area contributed by atoms with Crippen molar-refractivity contribution in [2.45, 2.75) is 13.0 Å². The Balaban J connectivity index is 1.79. The van der Waals surface area contributed by atoms with Crippen molar-refractivity contribution in [3.05, 3.63) is 64.7 Å². The van der Waals surface area contributed by atoms with E-state index in [1.54, 1.807) is 7.11 Å². The molecular formula is C16H18ClNO. The fourth-order valence-corrected chi connectivity index (χ4v) is 2.13. The molecule has 1 N–H and O–H groups in total. The third kappa shape index (κ3) is 4.27. The smallest absolute Gasteiger partial charge is 0.119 e. The van der Waals surface area contributed by atoms with Crippen molar-refractivity contribution in [2.24, 2.45) is 0 Å². The number of nitrogens with one attached hydrogen (secondary N) is 1. The summed E-state index contributed by atoms with van der Waals surface area (Å²) in [6, 6.07) is 16.1. The average Bonchev–Trinajstić information content (AvgIpc) is 2.45. The molecule has 0 radical (unpaired) electrons. The zero-order valence-electron chi connectivity index (χ0n) is 11.0. The van der Waals surface area contributed by atoms with Crippen LogP contribution in [0.4, 0.5) is 0 Å². The third-order valence-corrected chi connectivity index (χ3v) is 3.37. The molecule has 2 nitrogen and oxygen atoms in total. The molecule has 0 aliphatic carbocycles. The number of methoxy groups -OCH3 is 1. The summed E-state index contributed by atoms with van der Waals surface area (Å²) in [5.41, 5.74) is 2.40. The van der Waals surface area contributed by atoms with Crippen molar-refractivity contribution in [2.75, 3.05) is 13.7 Å². The lowest BCUT2D eigenvalue weighted by atomic mass is 10.1. The van der Waals surface area contributed by atoms with Gasteiger partial charge in [0, 0.05) is 11.6 Å². The maximum Gasteiger partial charge on any atom is 0.119 e. The topological polar surface area (TPSA) is 21.3 Å². The Bertz CT molecular complexity index is 528. The zero-order chi connectivity index (χ0) is 13.5. The molecule has 2 aromatic carbocycles. The maximum atomic E-state index is 6.10. The highest BCUT2D eigenvalue weighted by atomic mass is 35.5. The van der Waals surface area contributed by atoms with Gasteiger partial charge in [0.05, 0.1) is 7.11 Å². The first kappa shape index (κ1) is 13.9. The summed E-state index contributed by atoms with van der Waals surface area (Å²) in [5, 5.41) is 4.22. The van der Waals surface area contributed by atoms with E-state index in [0.29, 0.717) is 0 Å². The van der Waals surface area contributed by atoms with Gasteiger partial charge >= 0.3 is 0 Å². The molecule has 0 aromatic heterocycles. The quantitative estimate of drug-likeness (QED) is 0.812. The molecule has 2 rings (SSSR count). The van der Waals surface area contributed by atoms with Gasteiger partial charge in [0.15, 0.2) is 0 Å². The van der Waals surface area contributed by atoms with E-state index in [9.17, 15) is 0 Å². The predicted molar refractivity (Wildman–Crippen MR) is 79.9 cm³/mol. The van der Waals surface area contributed by atoms with Crippen LogP contribution in [0.25, 0.3) is 0 Å². The largest absolute Gasteiger partial charge is 0.497 e. The van der Waals surface area contributed by atoms with Gasteiger partial charge in [-0.15, -0.1) is 0 Å². The molecule has 0 aliphatic heterocycles. The van der Waals surface area contributed by atoms with E-state index in [2.05, 4.69) is 17.4 Å². The van der Waals surface area contributed by atoms with Crippen LogP contribution in [0.2, 0.25) is 5.02 Å². The highest BCUT2D eigenvalue weighted by molar-refractivity contribution is 6.31. The molecule has 2 aromatic rings. The molecule has 0 saturated heterocycles. The SMILES string of the molecule is COc1cccc(CCNCc2ccccc2Cl)c1. The van der Waals surface area contributed by atoms with Gasteiger partial charge in [-0.3, -0.25) is 0 Å². The first-order valence-electron chi connectivity index (χ1n) is 6.36. The normalized spacial score (nSPS) is 10.4. The summed E-state index contributed by atoms with van der Waals surface area (Å²) in [5.74, 6) is 0.906. The summed E-state index contributed by atoms with van der Waals surface area (Å²) in [6.45, 7) is 1.71. The van der Waals surface area contributed by atoms with Crippen molar-refractivity contribution in [3.63, 3.8) is 0 Å². The van der Waals surface area contributed by atoms with Crippen molar-refractivity contribution >= 4 is 11.6 Å². The summed E-state index contributed by atoms with van der Waals surface area (Å²) in [6.07, 6.45) is 0.974. The van der Waals surface area contributed by atoms with Crippen LogP contribution in [0.1, 0.15) is 11.1 Å². The number of hydrogen-bond acceptors (Lipinski definition) is 2. The lowest BCUT2D eigenvalue weighted by molar-refractivity contribution is 0.414. The third-order valence-electron chi connectivity index (χ3n) is 3.00. The molecule has 3 heteroatoms. The lowest BCUT2D eigenvalue weighted by Gasteiger charge is -2.07. The molecule has 0 bridgehead atoms. The van der Waals surface area contributed by atoms with E-state index in [-0.39, 0.29) is 0 Å². The van der Waals surface area contributed by atoms with Gasteiger partial charge in [-0.25, -0.2) is 0 Å². The minimum atomic E-state index is 0.795. The second-order valence-electron chi connectivity index (χ2n) is 4.37. The van der Waals surface area contributed by atoms with Gasteiger partial charge in [-0.2, -0.15) is 0 Å². The van der Waals surface area contributed by atoms with Crippen molar-refractivity contribution in [1.82, 2.24) is 5.32 Å². The van der Waals surface area contributed by atoms with Gasteiger partial charge in [0.1, 0.15) is 5.75 Å². The van der Waals surface area contributed by atoms with Crippen molar-refractivity contribution in [3.8, 4) is 5.75 Å². The molecule has 0 spiro atoms. The van der Waals surface area contributed by atoms with Crippen LogP contribution in [-0.4, -0.2) is 13.7 Å². The zero-order valence-corrected chi connectivity index (χ0v) is 11.8. The fourth-order valence-electron chi connectivity index (χ4n) is 1.93. The highest BCUT2D eigenvalue weighted by Crippen LogP contribution is 2.15. The minimum Gasteiger partial charge on any atom is -0.497 e. The monoisotopic (exact) mass is 275 g/mol. The number of rotatable bonds is 6. The number of benzene rings is 2. The van der Waals surface area contributed by atoms with Crippen molar-refractivity contribution in [1.29, 1.82) is 0 Å². The van der Waals surface area contributed by atoms with Crippen LogP contribution in [0.15, 0.2) is 48.5 Å². The van der Waals surface area contributed by atoms with Crippen molar-refractivity contribution < 1.29 is 4.74 Å². The summed E-state index contributed by atoms with van der Waals surface area (Å²) < 4.78 is 5.21. The second kappa shape index (κ2) is 7.17. The van der Waals surface area contributed by atoms with Gasteiger partial charge in [0.25, 0.3) is 0 Å². The number of ether oxygens (including phenoxy) is 1. The maximum absolute atomic E-state index is 6.10. The Labute approximate surface area is 119 Å². The van der Waals surface area contributed by atoms with E-state index in [1.165, 1.54) is 5.56 Å². The summed E-state index contributed by atoms with van der Waals surface area (Å²) in [4.78, 5) is 0. The van der Waals surface area contributed by atoms with Crippen LogP contribution >= 0.6 is 11.6 Å². The van der Waals surface area contributed by atoms with Crippen LogP contribution in [0.3, 0.4) is 0 Å². The first-order valence-corrected chi connectivity index (χ1v) is 6.74. The van der Waals surface area contributed by atoms with E-state index < -0.39 is 0 Å². The van der Waals surface area contributed by atoms with E-state index in [4.69, 9.17) is 16.3 Å². The van der Waals surface area contributed by atoms with Crippen LogP contribution in [0, 0.1) is 0 Å². The highest BCUT2D eigenvalue weighted by Gasteiger charge is 1.99. The Hall–Kier alpha value is -1.51. The molecule has 100 valence electrons. The molecule has 0 atom stereocenters. The first-order chi connectivity index (χ1) is 9.29. The summed E-state index contributed by atoms with van der Waals surface area (Å²) in [7, 11) is 1.69. The molecule has 19 heavy (non-hydrogen) atoms. The fraction of sp³-hybridized carbons (Fsp3) is 0.250. The van der Waals surface area contributed by atoms with Gasteiger partial charge in [0.2, 0.25) is 0 Å². The van der Waals surface area contributed by atoms with E-state index in [1.807, 2.05) is 36.4 Å². The van der Waals surface area contributed by atoms with Crippen LogP contribution in [-0.2, 0) is 13.0 Å². The molecule has 0 unspecified atom stereocenters. The lowest BCUT2D eigenvalue weighted by Crippen LogP contribution is -2.16. The molecule has 0 heterocycles. The Morgan fingerprint density at radius 3 is 2.74 bits per heavy atom. The Morgan fingerprint density at radius 2 is 1.95 bits per heavy atom. The predicted octanol–water partition coefficient (Wildman–Crippen LogP) is 3.68. The minimum absolute atomic E-state index is 0.795. The Morgan fingerprint density at radius 1 is 1.11 bits per heavy atom. The molecule has 0 amide bonds. The van der Waals surface area contributed by atoms with Crippen LogP contribution in [0.5, 0.6) is 5.75 Å². The molecular weight excluding hydrogens is 258 g/mol.